The van der Waals surface area contributed by atoms with Gasteiger partial charge in [0.2, 0.25) is 5.91 Å². The first-order valence-corrected chi connectivity index (χ1v) is 8.19. The van der Waals surface area contributed by atoms with Crippen molar-refractivity contribution in [1.82, 2.24) is 24.9 Å². The third-order valence-corrected chi connectivity index (χ3v) is 4.92. The minimum absolute atomic E-state index is 0.0725. The maximum atomic E-state index is 12.5. The largest absolute Gasteiger partial charge is 0.346 e. The Morgan fingerprint density at radius 1 is 1.36 bits per heavy atom. The molecule has 1 N–H and O–H groups in total. The molecule has 2 rings (SSSR count). The second-order valence-corrected chi connectivity index (χ2v) is 6.22. The number of hydrogen-bond acceptors (Lipinski definition) is 3. The van der Waals surface area contributed by atoms with Crippen LogP contribution in [0.2, 0.25) is 0 Å². The van der Waals surface area contributed by atoms with E-state index >= 15 is 0 Å². The number of amides is 1. The van der Waals surface area contributed by atoms with Gasteiger partial charge >= 0.3 is 0 Å². The standard InChI is InChI=1S/C15H22BrN5O/c1-6-20-8-7-13(19-20)9(2)17-15(22)12(5)21-11(4)14(16)10(3)18-21/h7-9,12H,6H2,1-5H3,(H,17,22). The van der Waals surface area contributed by atoms with Crippen molar-refractivity contribution < 1.29 is 4.79 Å². The van der Waals surface area contributed by atoms with E-state index in [1.54, 1.807) is 4.68 Å². The van der Waals surface area contributed by atoms with Crippen LogP contribution in [0.25, 0.3) is 0 Å². The van der Waals surface area contributed by atoms with Crippen LogP contribution in [-0.4, -0.2) is 25.5 Å². The van der Waals surface area contributed by atoms with Crippen LogP contribution in [0.4, 0.5) is 0 Å². The predicted octanol–water partition coefficient (Wildman–Crippen LogP) is 2.92. The molecule has 2 aromatic heterocycles. The molecule has 0 saturated carbocycles. The SMILES string of the molecule is CCn1ccc(C(C)NC(=O)C(C)n2nc(C)c(Br)c2C)n1. The zero-order chi connectivity index (χ0) is 16.4. The first kappa shape index (κ1) is 16.7. The zero-order valence-corrected chi connectivity index (χ0v) is 15.2. The van der Waals surface area contributed by atoms with Crippen LogP contribution in [0.5, 0.6) is 0 Å². The molecule has 0 aliphatic rings. The number of hydrogen-bond donors (Lipinski definition) is 1. The van der Waals surface area contributed by atoms with Gasteiger partial charge in [-0.1, -0.05) is 0 Å². The first-order valence-electron chi connectivity index (χ1n) is 7.40. The van der Waals surface area contributed by atoms with Crippen LogP contribution in [0.15, 0.2) is 16.7 Å². The average Bonchev–Trinajstić information content (AvgIpc) is 3.07. The van der Waals surface area contributed by atoms with E-state index in [1.807, 2.05) is 51.6 Å². The topological polar surface area (TPSA) is 64.7 Å². The van der Waals surface area contributed by atoms with Gasteiger partial charge in [-0.25, -0.2) is 0 Å². The van der Waals surface area contributed by atoms with E-state index in [4.69, 9.17) is 0 Å². The summed E-state index contributed by atoms with van der Waals surface area (Å²) in [6, 6.07) is 1.42. The number of nitrogens with one attached hydrogen (secondary N) is 1. The van der Waals surface area contributed by atoms with E-state index in [1.165, 1.54) is 0 Å². The van der Waals surface area contributed by atoms with Gasteiger partial charge in [0.05, 0.1) is 27.6 Å². The highest BCUT2D eigenvalue weighted by Gasteiger charge is 2.22. The Morgan fingerprint density at radius 3 is 2.55 bits per heavy atom. The van der Waals surface area contributed by atoms with Gasteiger partial charge in [-0.15, -0.1) is 0 Å². The molecule has 0 spiro atoms. The van der Waals surface area contributed by atoms with Crippen LogP contribution >= 0.6 is 15.9 Å². The van der Waals surface area contributed by atoms with Crippen molar-refractivity contribution in [2.24, 2.45) is 0 Å². The normalized spacial score (nSPS) is 13.9. The van der Waals surface area contributed by atoms with E-state index in [9.17, 15) is 4.79 Å². The molecule has 2 heterocycles. The van der Waals surface area contributed by atoms with Crippen LogP contribution in [0, 0.1) is 13.8 Å². The number of rotatable bonds is 5. The number of aryl methyl sites for hydroxylation is 2. The Balaban J connectivity index is 2.09. The highest BCUT2D eigenvalue weighted by atomic mass is 79.9. The summed E-state index contributed by atoms with van der Waals surface area (Å²) in [5, 5.41) is 11.8. The number of nitrogens with zero attached hydrogens (tertiary/aromatic N) is 4. The summed E-state index contributed by atoms with van der Waals surface area (Å²) < 4.78 is 4.54. The van der Waals surface area contributed by atoms with Gasteiger partial charge in [0, 0.05) is 12.7 Å². The molecule has 0 bridgehead atoms. The molecule has 6 nitrogen and oxygen atoms in total. The molecule has 22 heavy (non-hydrogen) atoms. The van der Waals surface area contributed by atoms with Crippen molar-refractivity contribution in [2.45, 2.75) is 53.2 Å². The Labute approximate surface area is 139 Å². The number of carbonyl (C=O) groups excluding carboxylic acids is 1. The predicted molar refractivity (Wildman–Crippen MR) is 88.6 cm³/mol. The van der Waals surface area contributed by atoms with E-state index in [-0.39, 0.29) is 18.0 Å². The lowest BCUT2D eigenvalue weighted by molar-refractivity contribution is -0.124. The highest BCUT2D eigenvalue weighted by molar-refractivity contribution is 9.10. The summed E-state index contributed by atoms with van der Waals surface area (Å²) in [5.74, 6) is -0.0725. The fourth-order valence-electron chi connectivity index (χ4n) is 2.32. The smallest absolute Gasteiger partial charge is 0.245 e. The molecule has 2 aromatic rings. The Morgan fingerprint density at radius 2 is 2.05 bits per heavy atom. The van der Waals surface area contributed by atoms with Crippen molar-refractivity contribution in [3.8, 4) is 0 Å². The maximum Gasteiger partial charge on any atom is 0.245 e. The maximum absolute atomic E-state index is 12.5. The monoisotopic (exact) mass is 367 g/mol. The Bertz CT molecular complexity index is 676. The fraction of sp³-hybridized carbons (Fsp3) is 0.533. The van der Waals surface area contributed by atoms with Crippen LogP contribution in [-0.2, 0) is 11.3 Å². The minimum atomic E-state index is -0.374. The van der Waals surface area contributed by atoms with Crippen LogP contribution < -0.4 is 5.32 Å². The summed E-state index contributed by atoms with van der Waals surface area (Å²) in [7, 11) is 0. The molecule has 2 unspecified atom stereocenters. The molecule has 0 saturated heterocycles. The molecule has 0 aliphatic heterocycles. The Kier molecular flexibility index (Phi) is 5.05. The molecule has 0 aliphatic carbocycles. The molecular weight excluding hydrogens is 346 g/mol. The summed E-state index contributed by atoms with van der Waals surface area (Å²) in [6.07, 6.45) is 1.92. The summed E-state index contributed by atoms with van der Waals surface area (Å²) >= 11 is 3.49. The molecule has 7 heteroatoms. The first-order chi connectivity index (χ1) is 10.3. The average molecular weight is 368 g/mol. The minimum Gasteiger partial charge on any atom is -0.346 e. The van der Waals surface area contributed by atoms with Crippen molar-refractivity contribution in [1.29, 1.82) is 0 Å². The lowest BCUT2D eigenvalue weighted by atomic mass is 10.2. The summed E-state index contributed by atoms with van der Waals surface area (Å²) in [6.45, 7) is 10.5. The van der Waals surface area contributed by atoms with E-state index in [0.717, 1.165) is 28.1 Å². The molecule has 120 valence electrons. The van der Waals surface area contributed by atoms with Crippen molar-refractivity contribution >= 4 is 21.8 Å². The lowest BCUT2D eigenvalue weighted by Gasteiger charge is -2.17. The number of carbonyl (C=O) groups is 1. The van der Waals surface area contributed by atoms with E-state index < -0.39 is 0 Å². The molecule has 1 amide bonds. The van der Waals surface area contributed by atoms with Crippen molar-refractivity contribution in [2.75, 3.05) is 0 Å². The number of aromatic nitrogens is 4. The van der Waals surface area contributed by atoms with Gasteiger partial charge in [0.15, 0.2) is 0 Å². The molecule has 0 fully saturated rings. The van der Waals surface area contributed by atoms with E-state index in [2.05, 4.69) is 31.4 Å². The van der Waals surface area contributed by atoms with Crippen LogP contribution in [0.3, 0.4) is 0 Å². The summed E-state index contributed by atoms with van der Waals surface area (Å²) in [4.78, 5) is 12.5. The fourth-order valence-corrected chi connectivity index (χ4v) is 2.58. The van der Waals surface area contributed by atoms with Gasteiger partial charge in [0.1, 0.15) is 6.04 Å². The molecule has 0 radical (unpaired) electrons. The van der Waals surface area contributed by atoms with Crippen molar-refractivity contribution in [3.63, 3.8) is 0 Å². The van der Waals surface area contributed by atoms with E-state index in [0.29, 0.717) is 0 Å². The van der Waals surface area contributed by atoms with Gasteiger partial charge < -0.3 is 5.32 Å². The van der Waals surface area contributed by atoms with Gasteiger partial charge in [-0.05, 0) is 56.6 Å². The second kappa shape index (κ2) is 6.64. The third kappa shape index (κ3) is 3.24. The van der Waals surface area contributed by atoms with Gasteiger partial charge in [-0.2, -0.15) is 10.2 Å². The third-order valence-electron chi connectivity index (χ3n) is 3.77. The van der Waals surface area contributed by atoms with Crippen molar-refractivity contribution in [3.05, 3.63) is 33.8 Å². The highest BCUT2D eigenvalue weighted by Crippen LogP contribution is 2.23. The molecular formula is C15H22BrN5O. The van der Waals surface area contributed by atoms with Crippen LogP contribution in [0.1, 0.15) is 49.9 Å². The number of halogens is 1. The lowest BCUT2D eigenvalue weighted by Crippen LogP contribution is -2.34. The Hall–Kier alpha value is -1.63. The molecule has 0 aromatic carbocycles. The van der Waals surface area contributed by atoms with Gasteiger partial charge in [0.25, 0.3) is 0 Å². The molecule has 2 atom stereocenters. The zero-order valence-electron chi connectivity index (χ0n) is 13.6. The summed E-state index contributed by atoms with van der Waals surface area (Å²) in [5.41, 5.74) is 2.69. The van der Waals surface area contributed by atoms with Gasteiger partial charge in [-0.3, -0.25) is 14.2 Å². The quantitative estimate of drug-likeness (QED) is 0.883. The second-order valence-electron chi connectivity index (χ2n) is 5.43.